The van der Waals surface area contributed by atoms with E-state index < -0.39 is 0 Å². The number of nitrogens with zero attached hydrogens (tertiary/aromatic N) is 6. The van der Waals surface area contributed by atoms with Gasteiger partial charge in [0.2, 0.25) is 0 Å². The second-order valence-electron chi connectivity index (χ2n) is 23.6. The molecule has 418 valence electrons. The zero-order valence-corrected chi connectivity index (χ0v) is 49.5. The maximum absolute atomic E-state index is 6.79. The molecule has 0 radical (unpaired) electrons. The van der Waals surface area contributed by atoms with Gasteiger partial charge < -0.3 is 28.9 Å². The molecular weight excluding hydrogens is 1040 g/mol. The minimum atomic E-state index is 0.242. The average molecular weight is 1110 g/mol. The number of nitrogens with one attached hydrogen (secondary N) is 2. The molecule has 0 unspecified atom stereocenters. The molecule has 5 heterocycles. The molecular formula is C72H66N8O4. The number of aromatic amines is 2. The Labute approximate surface area is 489 Å². The Morgan fingerprint density at radius 2 is 0.548 bits per heavy atom. The Morgan fingerprint density at radius 1 is 0.274 bits per heavy atom. The van der Waals surface area contributed by atoms with E-state index in [2.05, 4.69) is 166 Å². The molecule has 0 saturated heterocycles. The Kier molecular flexibility index (Phi) is 13.6. The Balaban J connectivity index is 1.07. The van der Waals surface area contributed by atoms with Gasteiger partial charge in [0, 0.05) is 43.8 Å². The van der Waals surface area contributed by atoms with Gasteiger partial charge in [0.05, 0.1) is 0 Å². The lowest BCUT2D eigenvalue weighted by Crippen LogP contribution is -1.95. The average Bonchev–Trinajstić information content (AvgIpc) is 2.79. The minimum absolute atomic E-state index is 0.242. The fraction of sp³-hybridized carbons (Fsp3) is 0.222. The number of fused-ring (bicyclic) bond motifs is 20. The molecule has 0 atom stereocenters. The fourth-order valence-electron chi connectivity index (χ4n) is 11.3. The van der Waals surface area contributed by atoms with Crippen LogP contribution in [0.4, 0.5) is 0 Å². The van der Waals surface area contributed by atoms with Crippen LogP contribution < -0.4 is 18.9 Å². The third-order valence-corrected chi connectivity index (χ3v) is 15.8. The second-order valence-corrected chi connectivity index (χ2v) is 23.6. The van der Waals surface area contributed by atoms with Crippen LogP contribution in [0, 0.1) is 27.7 Å². The number of H-pyrrole nitrogens is 2. The van der Waals surface area contributed by atoms with Gasteiger partial charge in [-0.2, -0.15) is 0 Å². The van der Waals surface area contributed by atoms with Crippen LogP contribution in [0.1, 0.15) is 124 Å². The van der Waals surface area contributed by atoms with E-state index in [-0.39, 0.29) is 23.7 Å². The first-order valence-corrected chi connectivity index (χ1v) is 29.0. The van der Waals surface area contributed by atoms with Crippen LogP contribution in [-0.4, -0.2) is 39.9 Å². The molecule has 12 nitrogen and oxygen atoms in total. The highest BCUT2D eigenvalue weighted by Gasteiger charge is 2.26. The van der Waals surface area contributed by atoms with Crippen molar-refractivity contribution in [2.75, 3.05) is 0 Å². The summed E-state index contributed by atoms with van der Waals surface area (Å²) in [4.78, 5) is 39.5. The van der Waals surface area contributed by atoms with Gasteiger partial charge in [-0.15, -0.1) is 0 Å². The molecule has 0 spiro atoms. The van der Waals surface area contributed by atoms with Gasteiger partial charge in [-0.05, 0) is 193 Å². The SMILES string of the molecule is Cc1ccc(C(C)C)c(Oc2ccc3c(c2)-c2nc-3nc3[nH]c(nc4nc(nc5[nH]c(n2)c2ccc(Oc6cc(C)ccc6C(C)C)cc52)-c2ccc(Oc5cc(C)ccc5C(C)C)cc2-4)c2ccc(Oc4cc(C)ccc4C(C)C)cc32)c1. The van der Waals surface area contributed by atoms with Crippen LogP contribution >= 0.6 is 0 Å². The molecule has 13 rings (SSSR count). The quantitative estimate of drug-likeness (QED) is 0.121. The molecule has 11 aromatic rings. The Bertz CT molecular complexity index is 4350. The minimum Gasteiger partial charge on any atom is -0.457 e. The summed E-state index contributed by atoms with van der Waals surface area (Å²) in [5.74, 6) is 8.55. The summed E-state index contributed by atoms with van der Waals surface area (Å²) >= 11 is 0. The molecule has 0 saturated carbocycles. The molecule has 84 heavy (non-hydrogen) atoms. The van der Waals surface area contributed by atoms with Gasteiger partial charge >= 0.3 is 0 Å². The standard InChI is InChI=1S/C72H66N8O4/c1-37(2)49-21-13-41(9)29-61(49)81-45-17-25-53-57(33-45)69-73-65(53)78-70-59-35-47(83-63-31-43(11)15-23-51(63)39(5)6)19-27-55(59)67(75-70)80-72-60-36-48(84-64-32-44(12)16-24-52(64)40(7)8)20-28-56(60)68(76-72)79-71-58-34-46(18-26-54(58)66(74-71)77-69)82-62-30-42(10)14-22-50(62)38(3)4/h13-40H,1-12H3,(H2,73,74,75,76,77,78,79,80). The van der Waals surface area contributed by atoms with Crippen molar-refractivity contribution in [2.24, 2.45) is 0 Å². The third kappa shape index (κ3) is 10.2. The lowest BCUT2D eigenvalue weighted by molar-refractivity contribution is 0.472. The van der Waals surface area contributed by atoms with E-state index in [1.807, 2.05) is 72.8 Å². The number of hydrogen-bond acceptors (Lipinski definition) is 10. The second kappa shape index (κ2) is 21.3. The number of aryl methyl sites for hydroxylation is 4. The predicted molar refractivity (Wildman–Crippen MR) is 337 cm³/mol. The molecule has 0 aliphatic carbocycles. The molecule has 8 bridgehead atoms. The molecule has 12 heteroatoms. The van der Waals surface area contributed by atoms with Crippen LogP contribution in [0.25, 0.3) is 89.7 Å². The number of rotatable bonds is 12. The maximum Gasteiger partial charge on any atom is 0.164 e. The first-order valence-electron chi connectivity index (χ1n) is 29.0. The molecule has 8 aromatic carbocycles. The summed E-state index contributed by atoms with van der Waals surface area (Å²) in [6.07, 6.45) is 0. The van der Waals surface area contributed by atoms with Gasteiger partial charge in [0.25, 0.3) is 0 Å². The van der Waals surface area contributed by atoms with Crippen molar-refractivity contribution in [3.8, 4) is 91.5 Å². The molecule has 3 aromatic heterocycles. The maximum atomic E-state index is 6.79. The van der Waals surface area contributed by atoms with E-state index in [0.717, 1.165) is 111 Å². The highest BCUT2D eigenvalue weighted by atomic mass is 16.5. The highest BCUT2D eigenvalue weighted by Crippen LogP contribution is 2.44. The number of ether oxygens (including phenoxy) is 4. The zero-order valence-electron chi connectivity index (χ0n) is 49.5. The van der Waals surface area contributed by atoms with Crippen molar-refractivity contribution in [1.82, 2.24) is 39.9 Å². The van der Waals surface area contributed by atoms with Gasteiger partial charge in [-0.1, -0.05) is 104 Å². The number of aromatic nitrogens is 8. The predicted octanol–water partition coefficient (Wildman–Crippen LogP) is 19.8. The van der Waals surface area contributed by atoms with E-state index in [0.29, 0.717) is 68.9 Å². The summed E-state index contributed by atoms with van der Waals surface area (Å²) in [7, 11) is 0. The summed E-state index contributed by atoms with van der Waals surface area (Å²) < 4.78 is 27.2. The topological polar surface area (TPSA) is 146 Å². The van der Waals surface area contributed by atoms with Crippen molar-refractivity contribution in [3.05, 3.63) is 190 Å². The smallest absolute Gasteiger partial charge is 0.164 e. The lowest BCUT2D eigenvalue weighted by atomic mass is 10.0. The first kappa shape index (κ1) is 53.6. The van der Waals surface area contributed by atoms with Crippen molar-refractivity contribution < 1.29 is 18.9 Å². The summed E-state index contributed by atoms with van der Waals surface area (Å²) in [6.45, 7) is 25.7. The van der Waals surface area contributed by atoms with Crippen LogP contribution in [0.3, 0.4) is 0 Å². The lowest BCUT2D eigenvalue weighted by Gasteiger charge is -2.15. The first-order chi connectivity index (χ1) is 40.5. The zero-order chi connectivity index (χ0) is 58.2. The van der Waals surface area contributed by atoms with Crippen LogP contribution in [0.2, 0.25) is 0 Å². The van der Waals surface area contributed by atoms with Gasteiger partial charge in [0.1, 0.15) is 68.6 Å². The normalized spacial score (nSPS) is 12.0. The summed E-state index contributed by atoms with van der Waals surface area (Å²) in [6, 6.07) is 49.5. The van der Waals surface area contributed by atoms with Crippen molar-refractivity contribution in [3.63, 3.8) is 0 Å². The van der Waals surface area contributed by atoms with Crippen LogP contribution in [0.15, 0.2) is 146 Å². The van der Waals surface area contributed by atoms with Crippen LogP contribution in [0.5, 0.6) is 46.0 Å². The fourth-order valence-corrected chi connectivity index (χ4v) is 11.3. The third-order valence-electron chi connectivity index (χ3n) is 15.8. The summed E-state index contributed by atoms with van der Waals surface area (Å²) in [5, 5.41) is 3.16. The van der Waals surface area contributed by atoms with Crippen LogP contribution in [-0.2, 0) is 0 Å². The van der Waals surface area contributed by atoms with Gasteiger partial charge in [-0.25, -0.2) is 29.9 Å². The number of benzene rings is 8. The molecule has 0 fully saturated rings. The monoisotopic (exact) mass is 1110 g/mol. The largest absolute Gasteiger partial charge is 0.457 e. The van der Waals surface area contributed by atoms with E-state index in [1.165, 1.54) is 0 Å². The van der Waals surface area contributed by atoms with Gasteiger partial charge in [0.15, 0.2) is 23.3 Å². The van der Waals surface area contributed by atoms with Gasteiger partial charge in [-0.3, -0.25) is 0 Å². The van der Waals surface area contributed by atoms with Crippen molar-refractivity contribution >= 4 is 44.1 Å². The molecule has 0 amide bonds. The highest BCUT2D eigenvalue weighted by molar-refractivity contribution is 6.07. The van der Waals surface area contributed by atoms with E-state index in [1.54, 1.807) is 0 Å². The molecule has 2 aliphatic rings. The van der Waals surface area contributed by atoms with E-state index >= 15 is 0 Å². The molecule has 2 N–H and O–H groups in total. The van der Waals surface area contributed by atoms with Crippen molar-refractivity contribution in [2.45, 2.75) is 107 Å². The van der Waals surface area contributed by atoms with E-state index in [4.69, 9.17) is 48.9 Å². The Morgan fingerprint density at radius 3 is 0.857 bits per heavy atom. The Hall–Kier alpha value is -9.68. The molecule has 2 aliphatic heterocycles. The van der Waals surface area contributed by atoms with E-state index in [9.17, 15) is 0 Å². The number of hydrogen-bond donors (Lipinski definition) is 2. The van der Waals surface area contributed by atoms with Crippen molar-refractivity contribution in [1.29, 1.82) is 0 Å². The summed E-state index contributed by atoms with van der Waals surface area (Å²) in [5.41, 5.74) is 14.1.